The number of hydrogen-bond acceptors (Lipinski definition) is 3. The van der Waals surface area contributed by atoms with Crippen LogP contribution in [0.4, 0.5) is 13.2 Å². The summed E-state index contributed by atoms with van der Waals surface area (Å²) >= 11 is 0. The average molecular weight is 193 g/mol. The number of alkyl halides is 3. The van der Waals surface area contributed by atoms with Crippen LogP contribution < -0.4 is 0 Å². The van der Waals surface area contributed by atoms with Crippen molar-refractivity contribution in [3.05, 3.63) is 11.9 Å². The maximum atomic E-state index is 11.8. The molecule has 0 saturated heterocycles. The van der Waals surface area contributed by atoms with Gasteiger partial charge in [-0.2, -0.15) is 13.2 Å². The van der Waals surface area contributed by atoms with E-state index in [1.165, 1.54) is 7.05 Å². The molecule has 0 amide bonds. The van der Waals surface area contributed by atoms with Gasteiger partial charge in [-0.05, 0) is 0 Å². The Kier molecular flexibility index (Phi) is 2.35. The molecule has 0 aliphatic rings. The van der Waals surface area contributed by atoms with Crippen molar-refractivity contribution in [1.29, 1.82) is 0 Å². The number of Topliss-reactive ketones (excluding diaryl/α,β-unsaturated/α-hetero) is 1. The van der Waals surface area contributed by atoms with Gasteiger partial charge in [0.05, 0.1) is 18.3 Å². The third-order valence-corrected chi connectivity index (χ3v) is 1.47. The fraction of sp³-hybridized carbons (Fsp3) is 0.500. The molecule has 72 valence electrons. The van der Waals surface area contributed by atoms with Gasteiger partial charge >= 0.3 is 6.18 Å². The summed E-state index contributed by atoms with van der Waals surface area (Å²) in [6.07, 6.45) is -4.37. The van der Waals surface area contributed by atoms with Crippen LogP contribution in [-0.2, 0) is 18.3 Å². The first-order valence-electron chi connectivity index (χ1n) is 3.35. The third kappa shape index (κ3) is 2.27. The zero-order valence-electron chi connectivity index (χ0n) is 6.67. The summed E-state index contributed by atoms with van der Waals surface area (Å²) in [5.41, 5.74) is 0.141. The van der Waals surface area contributed by atoms with Gasteiger partial charge in [-0.25, -0.2) is 0 Å². The first-order chi connectivity index (χ1) is 5.91. The molecule has 1 heterocycles. The lowest BCUT2D eigenvalue weighted by atomic mass is 10.2. The number of ketones is 1. The second-order valence-corrected chi connectivity index (χ2v) is 2.45. The standard InChI is InChI=1S/C6H6F3N3O/c1-12-4(3-10-11-12)2-5(13)6(7,8)9/h3H,2H2,1H3. The molecule has 1 aromatic rings. The average Bonchev–Trinajstić information content (AvgIpc) is 2.34. The molecule has 0 saturated carbocycles. The van der Waals surface area contributed by atoms with Crippen molar-refractivity contribution in [2.45, 2.75) is 12.6 Å². The zero-order chi connectivity index (χ0) is 10.1. The zero-order valence-corrected chi connectivity index (χ0v) is 6.67. The van der Waals surface area contributed by atoms with E-state index in [-0.39, 0.29) is 5.69 Å². The van der Waals surface area contributed by atoms with Crippen LogP contribution in [0.5, 0.6) is 0 Å². The molecule has 0 spiro atoms. The van der Waals surface area contributed by atoms with Crippen molar-refractivity contribution in [1.82, 2.24) is 15.0 Å². The van der Waals surface area contributed by atoms with Crippen LogP contribution in [-0.4, -0.2) is 27.0 Å². The Balaban J connectivity index is 2.71. The molecule has 4 nitrogen and oxygen atoms in total. The normalized spacial score (nSPS) is 11.7. The number of aromatic nitrogens is 3. The van der Waals surface area contributed by atoms with Gasteiger partial charge in [-0.1, -0.05) is 5.21 Å². The summed E-state index contributed by atoms with van der Waals surface area (Å²) in [5, 5.41) is 6.75. The number of halogens is 3. The molecule has 0 unspecified atom stereocenters. The summed E-state index contributed by atoms with van der Waals surface area (Å²) in [7, 11) is 1.42. The summed E-state index contributed by atoms with van der Waals surface area (Å²) in [6, 6.07) is 0. The predicted octanol–water partition coefficient (Wildman–Crippen LogP) is 0.489. The van der Waals surface area contributed by atoms with Crippen LogP contribution in [0, 0.1) is 0 Å². The van der Waals surface area contributed by atoms with E-state index in [0.29, 0.717) is 0 Å². The smallest absolute Gasteiger partial charge is 0.289 e. The highest BCUT2D eigenvalue weighted by molar-refractivity contribution is 5.85. The summed E-state index contributed by atoms with van der Waals surface area (Å²) < 4.78 is 36.4. The largest absolute Gasteiger partial charge is 0.450 e. The summed E-state index contributed by atoms with van der Waals surface area (Å²) in [4.78, 5) is 10.5. The highest BCUT2D eigenvalue weighted by Crippen LogP contribution is 2.17. The molecule has 1 aromatic heterocycles. The minimum atomic E-state index is -4.79. The van der Waals surface area contributed by atoms with Crippen LogP contribution in [0.3, 0.4) is 0 Å². The topological polar surface area (TPSA) is 47.8 Å². The van der Waals surface area contributed by atoms with Crippen LogP contribution in [0.1, 0.15) is 5.69 Å². The van der Waals surface area contributed by atoms with Crippen LogP contribution >= 0.6 is 0 Å². The molecule has 1 rings (SSSR count). The number of carbonyl (C=O) groups excluding carboxylic acids is 1. The minimum absolute atomic E-state index is 0.141. The number of nitrogens with zero attached hydrogens (tertiary/aromatic N) is 3. The van der Waals surface area contributed by atoms with E-state index in [1.807, 2.05) is 0 Å². The Morgan fingerprint density at radius 2 is 2.23 bits per heavy atom. The second-order valence-electron chi connectivity index (χ2n) is 2.45. The van der Waals surface area contributed by atoms with Gasteiger partial charge in [0.25, 0.3) is 0 Å². The van der Waals surface area contributed by atoms with Gasteiger partial charge in [0.1, 0.15) is 0 Å². The highest BCUT2D eigenvalue weighted by atomic mass is 19.4. The number of rotatable bonds is 2. The summed E-state index contributed by atoms with van der Waals surface area (Å²) in [5.74, 6) is -1.79. The van der Waals surface area contributed by atoms with Gasteiger partial charge in [0.15, 0.2) is 0 Å². The molecule has 0 aromatic carbocycles. The van der Waals surface area contributed by atoms with Gasteiger partial charge in [-0.3, -0.25) is 9.48 Å². The Morgan fingerprint density at radius 3 is 2.62 bits per heavy atom. The third-order valence-electron chi connectivity index (χ3n) is 1.47. The fourth-order valence-electron chi connectivity index (χ4n) is 0.736. The van der Waals surface area contributed by atoms with Gasteiger partial charge < -0.3 is 0 Å². The van der Waals surface area contributed by atoms with Crippen molar-refractivity contribution in [3.63, 3.8) is 0 Å². The predicted molar refractivity (Wildman–Crippen MR) is 35.8 cm³/mol. The lowest BCUT2D eigenvalue weighted by Crippen LogP contribution is -2.25. The van der Waals surface area contributed by atoms with Crippen molar-refractivity contribution >= 4 is 5.78 Å². The molecule has 0 atom stereocenters. The second kappa shape index (κ2) is 3.15. The molecule has 13 heavy (non-hydrogen) atoms. The van der Waals surface area contributed by atoms with E-state index in [0.717, 1.165) is 10.9 Å². The van der Waals surface area contributed by atoms with E-state index < -0.39 is 18.4 Å². The van der Waals surface area contributed by atoms with E-state index in [9.17, 15) is 18.0 Å². The van der Waals surface area contributed by atoms with Gasteiger partial charge in [-0.15, -0.1) is 5.10 Å². The first kappa shape index (κ1) is 9.69. The van der Waals surface area contributed by atoms with Gasteiger partial charge in [0.2, 0.25) is 5.78 Å². The van der Waals surface area contributed by atoms with Gasteiger partial charge in [0, 0.05) is 7.05 Å². The highest BCUT2D eigenvalue weighted by Gasteiger charge is 2.38. The van der Waals surface area contributed by atoms with Crippen molar-refractivity contribution in [2.24, 2.45) is 7.05 Å². The fourth-order valence-corrected chi connectivity index (χ4v) is 0.736. The molecule has 0 aliphatic carbocycles. The Morgan fingerprint density at radius 1 is 1.62 bits per heavy atom. The number of carbonyl (C=O) groups is 1. The van der Waals surface area contributed by atoms with Crippen molar-refractivity contribution in [2.75, 3.05) is 0 Å². The van der Waals surface area contributed by atoms with Crippen LogP contribution in [0.15, 0.2) is 6.20 Å². The lowest BCUT2D eigenvalue weighted by Gasteiger charge is -2.03. The maximum absolute atomic E-state index is 11.8. The number of hydrogen-bond donors (Lipinski definition) is 0. The lowest BCUT2D eigenvalue weighted by molar-refractivity contribution is -0.170. The van der Waals surface area contributed by atoms with E-state index in [4.69, 9.17) is 0 Å². The minimum Gasteiger partial charge on any atom is -0.289 e. The molecule has 0 aliphatic heterocycles. The quantitative estimate of drug-likeness (QED) is 0.686. The SMILES string of the molecule is Cn1nncc1CC(=O)C(F)(F)F. The van der Waals surface area contributed by atoms with E-state index in [1.54, 1.807) is 0 Å². The molecule has 0 radical (unpaired) electrons. The summed E-state index contributed by atoms with van der Waals surface area (Å²) in [6.45, 7) is 0. The van der Waals surface area contributed by atoms with E-state index in [2.05, 4.69) is 10.3 Å². The molecule has 0 fully saturated rings. The molecule has 0 N–H and O–H groups in total. The molecule has 0 bridgehead atoms. The van der Waals surface area contributed by atoms with Crippen molar-refractivity contribution in [3.8, 4) is 0 Å². The van der Waals surface area contributed by atoms with Crippen LogP contribution in [0.25, 0.3) is 0 Å². The number of aryl methyl sites for hydroxylation is 1. The molecular weight excluding hydrogens is 187 g/mol. The molecular formula is C6H6F3N3O. The maximum Gasteiger partial charge on any atom is 0.450 e. The monoisotopic (exact) mass is 193 g/mol. The van der Waals surface area contributed by atoms with Crippen molar-refractivity contribution < 1.29 is 18.0 Å². The molecule has 7 heteroatoms. The first-order valence-corrected chi connectivity index (χ1v) is 3.35. The Hall–Kier alpha value is -1.40. The van der Waals surface area contributed by atoms with Crippen LogP contribution in [0.2, 0.25) is 0 Å². The van der Waals surface area contributed by atoms with E-state index >= 15 is 0 Å². The Labute approximate surface area is 71.3 Å². The Bertz CT molecular complexity index is 317.